The highest BCUT2D eigenvalue weighted by Crippen LogP contribution is 2.52. The Hall–Kier alpha value is -1.88. The topological polar surface area (TPSA) is 41.9 Å². The third-order valence-corrected chi connectivity index (χ3v) is 5.03. The molecule has 4 heteroatoms. The van der Waals surface area contributed by atoms with Crippen LogP contribution in [-0.4, -0.2) is 30.5 Å². The van der Waals surface area contributed by atoms with Crippen molar-refractivity contribution in [2.45, 2.75) is 24.5 Å². The van der Waals surface area contributed by atoms with Crippen LogP contribution < -0.4 is 4.74 Å². The zero-order valence-corrected chi connectivity index (χ0v) is 13.2. The second-order valence-corrected chi connectivity index (χ2v) is 6.31. The van der Waals surface area contributed by atoms with E-state index in [2.05, 4.69) is 24.3 Å². The smallest absolute Gasteiger partial charge is 0.119 e. The molecule has 4 nitrogen and oxygen atoms in total. The molecule has 0 bridgehead atoms. The Labute approximate surface area is 136 Å². The summed E-state index contributed by atoms with van der Waals surface area (Å²) in [6, 6.07) is 16.5. The fourth-order valence-electron chi connectivity index (χ4n) is 3.76. The lowest BCUT2D eigenvalue weighted by Gasteiger charge is -2.37. The normalized spacial score (nSPS) is 23.0. The summed E-state index contributed by atoms with van der Waals surface area (Å²) in [5, 5.41) is 11.1. The number of hydrogen-bond acceptors (Lipinski definition) is 4. The second kappa shape index (κ2) is 5.64. The van der Waals surface area contributed by atoms with E-state index in [4.69, 9.17) is 9.47 Å². The van der Waals surface area contributed by atoms with Crippen LogP contribution in [0.25, 0.3) is 0 Å². The molecule has 2 aromatic rings. The van der Waals surface area contributed by atoms with Crippen LogP contribution in [0.3, 0.4) is 0 Å². The average Bonchev–Trinajstić information content (AvgIpc) is 2.92. The highest BCUT2D eigenvalue weighted by Gasteiger charge is 2.47. The van der Waals surface area contributed by atoms with Gasteiger partial charge < -0.3 is 14.7 Å². The molecule has 1 atom stereocenters. The van der Waals surface area contributed by atoms with Crippen LogP contribution in [0.2, 0.25) is 0 Å². The number of rotatable bonds is 2. The molecular weight excluding hydrogens is 290 g/mol. The first-order chi connectivity index (χ1) is 11.2. The number of methoxy groups -OCH3 is 1. The van der Waals surface area contributed by atoms with E-state index in [1.807, 2.05) is 24.3 Å². The van der Waals surface area contributed by atoms with Gasteiger partial charge in [0.15, 0.2) is 0 Å². The first-order valence-corrected chi connectivity index (χ1v) is 8.07. The molecule has 2 aliphatic rings. The molecule has 23 heavy (non-hydrogen) atoms. The summed E-state index contributed by atoms with van der Waals surface area (Å²) in [6.45, 7) is 1.25. The van der Waals surface area contributed by atoms with Gasteiger partial charge in [-0.25, -0.2) is 0 Å². The van der Waals surface area contributed by atoms with Gasteiger partial charge in [-0.15, -0.1) is 0 Å². The molecule has 0 radical (unpaired) electrons. The molecule has 1 spiro atoms. The van der Waals surface area contributed by atoms with Gasteiger partial charge in [0.25, 0.3) is 0 Å². The van der Waals surface area contributed by atoms with Gasteiger partial charge in [0.05, 0.1) is 12.7 Å². The highest BCUT2D eigenvalue weighted by atomic mass is 16.5. The highest BCUT2D eigenvalue weighted by molar-refractivity contribution is 5.47. The number of benzene rings is 2. The van der Waals surface area contributed by atoms with E-state index >= 15 is 0 Å². The number of hydroxylamine groups is 2. The van der Waals surface area contributed by atoms with Gasteiger partial charge in [-0.05, 0) is 41.7 Å². The van der Waals surface area contributed by atoms with Crippen molar-refractivity contribution in [1.29, 1.82) is 0 Å². The van der Waals surface area contributed by atoms with Gasteiger partial charge in [-0.3, -0.25) is 0 Å². The van der Waals surface area contributed by atoms with Crippen molar-refractivity contribution in [3.05, 3.63) is 65.2 Å². The van der Waals surface area contributed by atoms with E-state index in [-0.39, 0.29) is 11.7 Å². The van der Waals surface area contributed by atoms with Crippen LogP contribution in [0.15, 0.2) is 48.5 Å². The van der Waals surface area contributed by atoms with Crippen LogP contribution in [-0.2, 0) is 10.3 Å². The fourth-order valence-corrected chi connectivity index (χ4v) is 3.76. The Morgan fingerprint density at radius 1 is 1.13 bits per heavy atom. The van der Waals surface area contributed by atoms with Crippen molar-refractivity contribution in [2.75, 3.05) is 20.2 Å². The molecule has 2 aromatic carbocycles. The van der Waals surface area contributed by atoms with Gasteiger partial charge in [0, 0.05) is 13.1 Å². The molecule has 4 rings (SSSR count). The molecule has 1 fully saturated rings. The van der Waals surface area contributed by atoms with E-state index in [0.717, 1.165) is 18.6 Å². The van der Waals surface area contributed by atoms with E-state index in [9.17, 15) is 5.21 Å². The zero-order valence-electron chi connectivity index (χ0n) is 13.2. The van der Waals surface area contributed by atoms with Gasteiger partial charge >= 0.3 is 0 Å². The lowest BCUT2D eigenvalue weighted by Crippen LogP contribution is -2.41. The van der Waals surface area contributed by atoms with Gasteiger partial charge in [0.2, 0.25) is 0 Å². The van der Waals surface area contributed by atoms with Crippen LogP contribution in [0, 0.1) is 0 Å². The summed E-state index contributed by atoms with van der Waals surface area (Å²) in [4.78, 5) is 0. The van der Waals surface area contributed by atoms with Crippen molar-refractivity contribution in [3.8, 4) is 5.75 Å². The average molecular weight is 311 g/mol. The van der Waals surface area contributed by atoms with Crippen molar-refractivity contribution in [1.82, 2.24) is 5.06 Å². The lowest BCUT2D eigenvalue weighted by atomic mass is 9.83. The van der Waals surface area contributed by atoms with Crippen molar-refractivity contribution in [2.24, 2.45) is 0 Å². The van der Waals surface area contributed by atoms with E-state index in [1.165, 1.54) is 21.8 Å². The standard InChI is InChI=1S/C19H21NO3/c1-22-15-7-8-16-17(13-15)19(9-11-20(21)12-10-19)23-18(16)14-5-3-2-4-6-14/h2-8,13,18,21H,9-12H2,1H3/t18-/m0/s1. The first kappa shape index (κ1) is 14.7. The van der Waals surface area contributed by atoms with Crippen LogP contribution in [0.1, 0.15) is 35.6 Å². The SMILES string of the molecule is COc1ccc2c(c1)C1(CCN(O)CC1)O[C@H]2c1ccccc1. The molecule has 2 heterocycles. The fraction of sp³-hybridized carbons (Fsp3) is 0.368. The summed E-state index contributed by atoms with van der Waals surface area (Å²) < 4.78 is 12.0. The molecule has 0 aliphatic carbocycles. The predicted octanol–water partition coefficient (Wildman–Crippen LogP) is 3.50. The Balaban J connectivity index is 1.80. The molecule has 2 aliphatic heterocycles. The number of piperidine rings is 1. The third-order valence-electron chi connectivity index (χ3n) is 5.03. The van der Waals surface area contributed by atoms with Crippen molar-refractivity contribution in [3.63, 3.8) is 0 Å². The minimum Gasteiger partial charge on any atom is -0.497 e. The lowest BCUT2D eigenvalue weighted by molar-refractivity contribution is -0.169. The Morgan fingerprint density at radius 2 is 1.87 bits per heavy atom. The molecule has 1 N–H and O–H groups in total. The Morgan fingerprint density at radius 3 is 2.57 bits per heavy atom. The Kier molecular flexibility index (Phi) is 3.60. The van der Waals surface area contributed by atoms with Crippen LogP contribution in [0.5, 0.6) is 5.75 Å². The van der Waals surface area contributed by atoms with E-state index < -0.39 is 0 Å². The molecule has 0 amide bonds. The molecule has 1 saturated heterocycles. The quantitative estimate of drug-likeness (QED) is 0.922. The molecule has 120 valence electrons. The number of nitrogens with zero attached hydrogens (tertiary/aromatic N) is 1. The molecular formula is C19H21NO3. The van der Waals surface area contributed by atoms with Gasteiger partial charge in [-0.1, -0.05) is 36.4 Å². The maximum atomic E-state index is 9.74. The van der Waals surface area contributed by atoms with E-state index in [0.29, 0.717) is 13.1 Å². The summed E-state index contributed by atoms with van der Waals surface area (Å²) in [6.07, 6.45) is 1.52. The van der Waals surface area contributed by atoms with Crippen LogP contribution >= 0.6 is 0 Å². The number of hydrogen-bond donors (Lipinski definition) is 1. The maximum absolute atomic E-state index is 9.74. The molecule has 0 saturated carbocycles. The first-order valence-electron chi connectivity index (χ1n) is 8.07. The monoisotopic (exact) mass is 311 g/mol. The second-order valence-electron chi connectivity index (χ2n) is 6.31. The maximum Gasteiger partial charge on any atom is 0.119 e. The van der Waals surface area contributed by atoms with Crippen molar-refractivity contribution >= 4 is 0 Å². The van der Waals surface area contributed by atoms with Gasteiger partial charge in [-0.2, -0.15) is 5.06 Å². The van der Waals surface area contributed by atoms with Crippen LogP contribution in [0.4, 0.5) is 0 Å². The van der Waals surface area contributed by atoms with Gasteiger partial charge in [0.1, 0.15) is 11.9 Å². The molecule has 0 unspecified atom stereocenters. The largest absolute Gasteiger partial charge is 0.497 e. The third kappa shape index (κ3) is 2.43. The zero-order chi connectivity index (χ0) is 15.9. The summed E-state index contributed by atoms with van der Waals surface area (Å²) >= 11 is 0. The van der Waals surface area contributed by atoms with E-state index in [1.54, 1.807) is 7.11 Å². The Bertz CT molecular complexity index is 693. The number of fused-ring (bicyclic) bond motifs is 2. The summed E-state index contributed by atoms with van der Waals surface area (Å²) in [5.74, 6) is 0.854. The minimum atomic E-state index is -0.330. The minimum absolute atomic E-state index is 0.0534. The number of ether oxygens (including phenoxy) is 2. The summed E-state index contributed by atoms with van der Waals surface area (Å²) in [5.41, 5.74) is 3.26. The van der Waals surface area contributed by atoms with Crippen molar-refractivity contribution < 1.29 is 14.7 Å². The predicted molar refractivity (Wildman–Crippen MR) is 86.6 cm³/mol. The summed E-state index contributed by atoms with van der Waals surface area (Å²) in [7, 11) is 1.69. The molecule has 0 aromatic heterocycles.